The molecule has 0 saturated heterocycles. The lowest BCUT2D eigenvalue weighted by Gasteiger charge is -2.07. The molecule has 1 aromatic rings. The molecule has 0 aliphatic heterocycles. The lowest BCUT2D eigenvalue weighted by molar-refractivity contribution is -0.116. The van der Waals surface area contributed by atoms with Crippen LogP contribution in [0.3, 0.4) is 0 Å². The first-order valence-electron chi connectivity index (χ1n) is 5.23. The normalized spacial score (nSPS) is 10.3. The van der Waals surface area contributed by atoms with Gasteiger partial charge in [-0.15, -0.1) is 0 Å². The minimum Gasteiger partial charge on any atom is -0.385 e. The molecular formula is C11H14Cl2N2O2. The summed E-state index contributed by atoms with van der Waals surface area (Å²) in [5.41, 5.74) is 0.441. The molecule has 1 N–H and O–H groups in total. The highest BCUT2D eigenvalue weighted by Crippen LogP contribution is 2.28. The molecule has 0 aliphatic rings. The number of methoxy groups -OCH3 is 1. The van der Waals surface area contributed by atoms with Gasteiger partial charge in [0, 0.05) is 26.3 Å². The molecule has 1 aromatic heterocycles. The molecule has 1 rings (SSSR count). The van der Waals surface area contributed by atoms with Gasteiger partial charge < -0.3 is 10.1 Å². The van der Waals surface area contributed by atoms with Crippen molar-refractivity contribution in [1.82, 2.24) is 4.98 Å². The number of hydrogen-bond acceptors (Lipinski definition) is 3. The second kappa shape index (κ2) is 7.48. The van der Waals surface area contributed by atoms with Gasteiger partial charge in [-0.1, -0.05) is 23.2 Å². The first kappa shape index (κ1) is 14.2. The van der Waals surface area contributed by atoms with E-state index in [1.807, 2.05) is 0 Å². The highest BCUT2D eigenvalue weighted by molar-refractivity contribution is 6.43. The number of anilines is 1. The summed E-state index contributed by atoms with van der Waals surface area (Å²) in [4.78, 5) is 15.4. The summed E-state index contributed by atoms with van der Waals surface area (Å²) in [6, 6.07) is 0. The minimum atomic E-state index is -0.105. The monoisotopic (exact) mass is 276 g/mol. The van der Waals surface area contributed by atoms with Crippen molar-refractivity contribution in [2.24, 2.45) is 0 Å². The van der Waals surface area contributed by atoms with Crippen molar-refractivity contribution >= 4 is 34.8 Å². The maximum Gasteiger partial charge on any atom is 0.224 e. The number of aromatic nitrogens is 1. The Hall–Kier alpha value is -0.840. The third-order valence-electron chi connectivity index (χ3n) is 2.11. The molecule has 1 amide bonds. The lowest BCUT2D eigenvalue weighted by Crippen LogP contribution is -2.12. The van der Waals surface area contributed by atoms with Gasteiger partial charge in [-0.3, -0.25) is 9.78 Å². The van der Waals surface area contributed by atoms with Crippen molar-refractivity contribution in [2.45, 2.75) is 19.3 Å². The second-order valence-electron chi connectivity index (χ2n) is 3.48. The number of halogens is 2. The predicted octanol–water partition coefficient (Wildman–Crippen LogP) is 3.14. The van der Waals surface area contributed by atoms with Gasteiger partial charge in [-0.25, -0.2) is 0 Å². The standard InChI is InChI=1S/C11H14Cl2N2O2/c1-17-5-3-2-4-10(16)15-9-7-14-6-8(12)11(9)13/h6-7H,2-5H2,1H3,(H,15,16). The van der Waals surface area contributed by atoms with Crippen molar-refractivity contribution in [3.8, 4) is 0 Å². The van der Waals surface area contributed by atoms with E-state index < -0.39 is 0 Å². The predicted molar refractivity (Wildman–Crippen MR) is 68.6 cm³/mol. The summed E-state index contributed by atoms with van der Waals surface area (Å²) in [7, 11) is 1.64. The molecule has 0 saturated carbocycles. The van der Waals surface area contributed by atoms with E-state index in [1.54, 1.807) is 7.11 Å². The Balaban J connectivity index is 2.43. The fraction of sp³-hybridized carbons (Fsp3) is 0.455. The van der Waals surface area contributed by atoms with E-state index in [1.165, 1.54) is 12.4 Å². The van der Waals surface area contributed by atoms with E-state index in [9.17, 15) is 4.79 Å². The van der Waals surface area contributed by atoms with Crippen LogP contribution in [-0.2, 0) is 9.53 Å². The number of amides is 1. The highest BCUT2D eigenvalue weighted by atomic mass is 35.5. The van der Waals surface area contributed by atoms with Crippen LogP contribution in [0, 0.1) is 0 Å². The van der Waals surface area contributed by atoms with Gasteiger partial charge >= 0.3 is 0 Å². The number of carbonyl (C=O) groups is 1. The number of nitrogens with one attached hydrogen (secondary N) is 1. The van der Waals surface area contributed by atoms with Gasteiger partial charge in [0.25, 0.3) is 0 Å². The summed E-state index contributed by atoms with van der Waals surface area (Å²) in [6.07, 6.45) is 4.95. The van der Waals surface area contributed by atoms with Crippen molar-refractivity contribution in [3.63, 3.8) is 0 Å². The molecule has 1 heterocycles. The van der Waals surface area contributed by atoms with E-state index >= 15 is 0 Å². The average Bonchev–Trinajstić information content (AvgIpc) is 2.31. The number of carbonyl (C=O) groups excluding carboxylic acids is 1. The Morgan fingerprint density at radius 3 is 2.88 bits per heavy atom. The van der Waals surface area contributed by atoms with Crippen LogP contribution in [0.1, 0.15) is 19.3 Å². The first-order valence-corrected chi connectivity index (χ1v) is 5.98. The third kappa shape index (κ3) is 4.89. The molecular weight excluding hydrogens is 263 g/mol. The number of hydrogen-bond donors (Lipinski definition) is 1. The zero-order valence-corrected chi connectivity index (χ0v) is 11.0. The van der Waals surface area contributed by atoms with E-state index in [0.29, 0.717) is 28.8 Å². The Bertz CT molecular complexity index is 386. The van der Waals surface area contributed by atoms with Crippen molar-refractivity contribution < 1.29 is 9.53 Å². The fourth-order valence-electron chi connectivity index (χ4n) is 1.25. The summed E-state index contributed by atoms with van der Waals surface area (Å²) < 4.78 is 4.90. The van der Waals surface area contributed by atoms with Crippen molar-refractivity contribution in [3.05, 3.63) is 22.4 Å². The molecule has 0 aliphatic carbocycles. The van der Waals surface area contributed by atoms with Crippen LogP contribution < -0.4 is 5.32 Å². The molecule has 0 bridgehead atoms. The molecule has 6 heteroatoms. The summed E-state index contributed by atoms with van der Waals surface area (Å²) in [5, 5.41) is 3.30. The molecule has 4 nitrogen and oxygen atoms in total. The quantitative estimate of drug-likeness (QED) is 0.813. The van der Waals surface area contributed by atoms with Crippen LogP contribution in [0.5, 0.6) is 0 Å². The number of ether oxygens (including phenoxy) is 1. The smallest absolute Gasteiger partial charge is 0.224 e. The van der Waals surface area contributed by atoms with Crippen molar-refractivity contribution in [1.29, 1.82) is 0 Å². The lowest BCUT2D eigenvalue weighted by atomic mass is 10.2. The van der Waals surface area contributed by atoms with Gasteiger partial charge in [-0.2, -0.15) is 0 Å². The van der Waals surface area contributed by atoms with Crippen LogP contribution in [0.25, 0.3) is 0 Å². The van der Waals surface area contributed by atoms with Crippen LogP contribution in [0.4, 0.5) is 5.69 Å². The number of nitrogens with zero attached hydrogens (tertiary/aromatic N) is 1. The Labute approximate surface area is 110 Å². The topological polar surface area (TPSA) is 51.2 Å². The number of pyridine rings is 1. The maximum atomic E-state index is 11.6. The number of unbranched alkanes of at least 4 members (excludes halogenated alkanes) is 1. The molecule has 0 aromatic carbocycles. The summed E-state index contributed by atoms with van der Waals surface area (Å²) in [6.45, 7) is 0.659. The Morgan fingerprint density at radius 1 is 1.41 bits per heavy atom. The SMILES string of the molecule is COCCCCC(=O)Nc1cncc(Cl)c1Cl. The van der Waals surface area contributed by atoms with Crippen LogP contribution >= 0.6 is 23.2 Å². The third-order valence-corrected chi connectivity index (χ3v) is 2.90. The van der Waals surface area contributed by atoms with E-state index in [2.05, 4.69) is 10.3 Å². The zero-order valence-electron chi connectivity index (χ0n) is 9.50. The molecule has 17 heavy (non-hydrogen) atoms. The Morgan fingerprint density at radius 2 is 2.18 bits per heavy atom. The van der Waals surface area contributed by atoms with E-state index in [-0.39, 0.29) is 5.91 Å². The molecule has 0 unspecified atom stereocenters. The van der Waals surface area contributed by atoms with Gasteiger partial charge in [0.05, 0.1) is 21.9 Å². The molecule has 0 spiro atoms. The van der Waals surface area contributed by atoms with Crippen LogP contribution in [0.15, 0.2) is 12.4 Å². The number of rotatable bonds is 6. The van der Waals surface area contributed by atoms with Gasteiger partial charge in [0.2, 0.25) is 5.91 Å². The molecule has 94 valence electrons. The maximum absolute atomic E-state index is 11.6. The molecule has 0 radical (unpaired) electrons. The van der Waals surface area contributed by atoms with Gasteiger partial charge in [-0.05, 0) is 12.8 Å². The van der Waals surface area contributed by atoms with Crippen LogP contribution in [0.2, 0.25) is 10.0 Å². The largest absolute Gasteiger partial charge is 0.385 e. The average molecular weight is 277 g/mol. The minimum absolute atomic E-state index is 0.105. The summed E-state index contributed by atoms with van der Waals surface area (Å²) in [5.74, 6) is -0.105. The van der Waals surface area contributed by atoms with Gasteiger partial charge in [0.1, 0.15) is 0 Å². The zero-order chi connectivity index (χ0) is 12.7. The van der Waals surface area contributed by atoms with E-state index in [4.69, 9.17) is 27.9 Å². The molecule has 0 atom stereocenters. The van der Waals surface area contributed by atoms with Crippen LogP contribution in [-0.4, -0.2) is 24.6 Å². The Kier molecular flexibility index (Phi) is 6.26. The van der Waals surface area contributed by atoms with Gasteiger partial charge in [0.15, 0.2) is 0 Å². The highest BCUT2D eigenvalue weighted by Gasteiger charge is 2.08. The van der Waals surface area contributed by atoms with E-state index in [0.717, 1.165) is 12.8 Å². The second-order valence-corrected chi connectivity index (χ2v) is 4.27. The fourth-order valence-corrected chi connectivity index (χ4v) is 1.55. The molecule has 0 fully saturated rings. The summed E-state index contributed by atoms with van der Waals surface area (Å²) >= 11 is 11.7. The first-order chi connectivity index (χ1) is 8.15. The van der Waals surface area contributed by atoms with Crippen molar-refractivity contribution in [2.75, 3.05) is 19.0 Å².